The zero-order chi connectivity index (χ0) is 19.7. The number of nitrogens with zero attached hydrogens (tertiary/aromatic N) is 1. The molecule has 0 amide bonds. The number of hydrogen-bond donors (Lipinski definition) is 0. The standard InChI is InChI=1S/C17H14NO6PS2.2K/c19-26(20,21)15-8-4-13(5-9-15)25(17-3-1-2-12-18-17)14-6-10-16(11-7-14)27(22,23)24;;/h1-12H,(H,19,20,21)(H,22,23,24);;/q;2*+1/p-2. The van der Waals surface area contributed by atoms with Gasteiger partial charge in [0.15, 0.2) is 0 Å². The summed E-state index contributed by atoms with van der Waals surface area (Å²) in [6.07, 6.45) is 1.61. The van der Waals surface area contributed by atoms with Crippen molar-refractivity contribution in [3.05, 3.63) is 72.9 Å². The SMILES string of the molecule is O=S(=O)([O-])c1ccc(P(c2ccc(S(=O)(=O)[O-])cc2)c2ccccn2)cc1.[K+].[K+]. The van der Waals surface area contributed by atoms with Crippen LogP contribution in [0.5, 0.6) is 0 Å². The molecule has 0 spiro atoms. The largest absolute Gasteiger partial charge is 1.00 e. The first-order valence-corrected chi connectivity index (χ1v) is 11.7. The van der Waals surface area contributed by atoms with E-state index in [1.54, 1.807) is 24.4 Å². The van der Waals surface area contributed by atoms with Crippen molar-refractivity contribution in [2.75, 3.05) is 0 Å². The van der Waals surface area contributed by atoms with Gasteiger partial charge in [0.1, 0.15) is 20.2 Å². The Hall–Kier alpha value is 1.11. The smallest absolute Gasteiger partial charge is 0.744 e. The second-order valence-corrected chi connectivity index (χ2v) is 10.3. The molecule has 0 unspecified atom stereocenters. The third-order valence-corrected chi connectivity index (χ3v) is 7.70. The fraction of sp³-hybridized carbons (Fsp3) is 0. The molecular weight excluding hydrogens is 487 g/mol. The minimum absolute atomic E-state index is 0. The van der Waals surface area contributed by atoms with Gasteiger partial charge in [-0.05, 0) is 47.0 Å². The van der Waals surface area contributed by atoms with Gasteiger partial charge in [0.05, 0.1) is 15.2 Å². The van der Waals surface area contributed by atoms with Crippen LogP contribution in [0.25, 0.3) is 0 Å². The first kappa shape index (κ1) is 28.1. The van der Waals surface area contributed by atoms with Gasteiger partial charge < -0.3 is 9.11 Å². The molecule has 2 aromatic carbocycles. The van der Waals surface area contributed by atoms with E-state index in [-0.39, 0.29) is 113 Å². The molecule has 140 valence electrons. The minimum atomic E-state index is -4.56. The predicted octanol–water partition coefficient (Wildman–Crippen LogP) is -5.34. The van der Waals surface area contributed by atoms with Crippen molar-refractivity contribution in [2.45, 2.75) is 9.79 Å². The average Bonchev–Trinajstić information content (AvgIpc) is 2.62. The first-order valence-electron chi connectivity index (χ1n) is 7.49. The molecule has 0 bridgehead atoms. The van der Waals surface area contributed by atoms with E-state index < -0.39 is 28.2 Å². The molecule has 0 atom stereocenters. The van der Waals surface area contributed by atoms with Crippen molar-refractivity contribution in [1.82, 2.24) is 4.98 Å². The zero-order valence-electron chi connectivity index (χ0n) is 15.6. The molecule has 1 heterocycles. The summed E-state index contributed by atoms with van der Waals surface area (Å²) < 4.78 is 66.8. The minimum Gasteiger partial charge on any atom is -0.744 e. The Labute approximate surface area is 255 Å². The molecule has 7 nitrogen and oxygen atoms in total. The summed E-state index contributed by atoms with van der Waals surface area (Å²) in [5.41, 5.74) is 0.697. The summed E-state index contributed by atoms with van der Waals surface area (Å²) in [6, 6.07) is 16.4. The van der Waals surface area contributed by atoms with E-state index in [9.17, 15) is 25.9 Å². The van der Waals surface area contributed by atoms with E-state index >= 15 is 0 Å². The number of aromatic nitrogens is 1. The molecule has 0 aliphatic carbocycles. The molecule has 0 radical (unpaired) electrons. The second-order valence-electron chi connectivity index (χ2n) is 5.42. The molecule has 1 aromatic heterocycles. The fourth-order valence-electron chi connectivity index (χ4n) is 2.42. The van der Waals surface area contributed by atoms with Crippen LogP contribution in [0.15, 0.2) is 82.7 Å². The van der Waals surface area contributed by atoms with Crippen molar-refractivity contribution in [3.8, 4) is 0 Å². The van der Waals surface area contributed by atoms with E-state index in [4.69, 9.17) is 0 Å². The van der Waals surface area contributed by atoms with Gasteiger partial charge in [0, 0.05) is 14.1 Å². The van der Waals surface area contributed by atoms with Crippen molar-refractivity contribution >= 4 is 44.2 Å². The summed E-state index contributed by atoms with van der Waals surface area (Å²) in [4.78, 5) is 3.67. The van der Waals surface area contributed by atoms with Crippen molar-refractivity contribution < 1.29 is 129 Å². The molecule has 0 saturated heterocycles. The zero-order valence-corrected chi connectivity index (χ0v) is 24.4. The monoisotopic (exact) mass is 499 g/mol. The maximum Gasteiger partial charge on any atom is 1.00 e. The quantitative estimate of drug-likeness (QED) is 0.195. The van der Waals surface area contributed by atoms with Gasteiger partial charge in [-0.25, -0.2) is 16.8 Å². The van der Waals surface area contributed by atoms with E-state index in [2.05, 4.69) is 4.98 Å². The molecule has 0 saturated carbocycles. The summed E-state index contributed by atoms with van der Waals surface area (Å²) in [6.45, 7) is 0. The predicted molar refractivity (Wildman–Crippen MR) is 98.9 cm³/mol. The molecule has 0 aliphatic heterocycles. The Bertz CT molecular complexity index is 1080. The van der Waals surface area contributed by atoms with Crippen LogP contribution < -0.4 is 119 Å². The van der Waals surface area contributed by atoms with E-state index in [1.165, 1.54) is 48.5 Å². The van der Waals surface area contributed by atoms with Gasteiger partial charge in [-0.3, -0.25) is 4.98 Å². The van der Waals surface area contributed by atoms with Gasteiger partial charge in [-0.15, -0.1) is 0 Å². The van der Waals surface area contributed by atoms with E-state index in [0.717, 1.165) is 0 Å². The summed E-state index contributed by atoms with van der Waals surface area (Å²) in [5.74, 6) is 0. The second kappa shape index (κ2) is 11.8. The molecule has 29 heavy (non-hydrogen) atoms. The number of benzene rings is 2. The van der Waals surface area contributed by atoms with Crippen LogP contribution in [0.4, 0.5) is 0 Å². The van der Waals surface area contributed by atoms with E-state index in [1.807, 2.05) is 0 Å². The molecular formula is C17H12K2NO6PS2. The molecule has 3 rings (SSSR count). The normalized spacial score (nSPS) is 11.4. The summed E-state index contributed by atoms with van der Waals surface area (Å²) >= 11 is 0. The van der Waals surface area contributed by atoms with Crippen LogP contribution in [-0.2, 0) is 20.2 Å². The summed E-state index contributed by atoms with van der Waals surface area (Å²) in [7, 11) is -10.4. The Morgan fingerprint density at radius 1 is 0.655 bits per heavy atom. The Balaban J connectivity index is 0.00000210. The van der Waals surface area contributed by atoms with Crippen LogP contribution in [0.2, 0.25) is 0 Å². The van der Waals surface area contributed by atoms with Crippen LogP contribution >= 0.6 is 7.92 Å². The molecule has 0 N–H and O–H groups in total. The molecule has 12 heteroatoms. The van der Waals surface area contributed by atoms with Crippen molar-refractivity contribution in [3.63, 3.8) is 0 Å². The molecule has 0 fully saturated rings. The van der Waals surface area contributed by atoms with Crippen molar-refractivity contribution in [2.24, 2.45) is 0 Å². The number of pyridine rings is 1. The van der Waals surface area contributed by atoms with Gasteiger partial charge >= 0.3 is 103 Å². The molecule has 3 aromatic rings. The first-order chi connectivity index (χ1) is 12.7. The maximum atomic E-state index is 11.1. The third kappa shape index (κ3) is 7.59. The van der Waals surface area contributed by atoms with Gasteiger partial charge in [0.2, 0.25) is 0 Å². The fourth-order valence-corrected chi connectivity index (χ4v) is 5.50. The van der Waals surface area contributed by atoms with Gasteiger partial charge in [-0.2, -0.15) is 0 Å². The van der Waals surface area contributed by atoms with Gasteiger partial charge in [0.25, 0.3) is 0 Å². The average molecular weight is 500 g/mol. The van der Waals surface area contributed by atoms with Crippen LogP contribution in [0.3, 0.4) is 0 Å². The Kier molecular flexibility index (Phi) is 11.5. The van der Waals surface area contributed by atoms with Gasteiger partial charge in [-0.1, -0.05) is 30.3 Å². The number of rotatable bonds is 5. The summed E-state index contributed by atoms with van der Waals surface area (Å²) in [5, 5.41) is 1.43. The van der Waals surface area contributed by atoms with Crippen LogP contribution in [-0.4, -0.2) is 30.9 Å². The maximum absolute atomic E-state index is 11.1. The Morgan fingerprint density at radius 3 is 1.38 bits per heavy atom. The van der Waals surface area contributed by atoms with Crippen LogP contribution in [0.1, 0.15) is 0 Å². The number of hydrogen-bond acceptors (Lipinski definition) is 7. The Morgan fingerprint density at radius 2 is 1.07 bits per heavy atom. The van der Waals surface area contributed by atoms with Crippen LogP contribution in [0, 0.1) is 0 Å². The third-order valence-electron chi connectivity index (χ3n) is 3.65. The van der Waals surface area contributed by atoms with Crippen molar-refractivity contribution in [1.29, 1.82) is 0 Å². The topological polar surface area (TPSA) is 127 Å². The molecule has 0 aliphatic rings. The van der Waals surface area contributed by atoms with E-state index in [0.29, 0.717) is 16.0 Å².